The monoisotopic (exact) mass is 321 g/mol. The number of benzene rings is 2. The average Bonchev–Trinajstić information content (AvgIpc) is 2.91. The van der Waals surface area contributed by atoms with E-state index in [0.717, 1.165) is 36.1 Å². The SMILES string of the molecule is NC(=O)C1CCCc2c1c1[c]ccc(F)c1n2Cc1ccccc1. The molecule has 4 rings (SSSR count). The third-order valence-corrected chi connectivity index (χ3v) is 4.88. The molecule has 1 amide bonds. The Balaban J connectivity index is 1.97. The van der Waals surface area contributed by atoms with Crippen molar-refractivity contribution >= 4 is 16.8 Å². The molecule has 2 N–H and O–H groups in total. The van der Waals surface area contributed by atoms with Crippen molar-refractivity contribution in [2.24, 2.45) is 5.73 Å². The van der Waals surface area contributed by atoms with E-state index >= 15 is 0 Å². The van der Waals surface area contributed by atoms with Gasteiger partial charge in [0.05, 0.1) is 11.4 Å². The van der Waals surface area contributed by atoms with Gasteiger partial charge >= 0.3 is 0 Å². The second-order valence-corrected chi connectivity index (χ2v) is 6.33. The molecule has 0 fully saturated rings. The summed E-state index contributed by atoms with van der Waals surface area (Å²) in [4.78, 5) is 11.9. The second-order valence-electron chi connectivity index (χ2n) is 6.33. The molecule has 0 saturated carbocycles. The molecule has 1 unspecified atom stereocenters. The number of aromatic nitrogens is 1. The summed E-state index contributed by atoms with van der Waals surface area (Å²) in [6, 6.07) is 16.1. The zero-order chi connectivity index (χ0) is 16.7. The van der Waals surface area contributed by atoms with Gasteiger partial charge in [-0.15, -0.1) is 0 Å². The van der Waals surface area contributed by atoms with E-state index < -0.39 is 0 Å². The van der Waals surface area contributed by atoms with Gasteiger partial charge in [-0.2, -0.15) is 0 Å². The number of halogens is 1. The fraction of sp³-hybridized carbons (Fsp3) is 0.250. The van der Waals surface area contributed by atoms with Crippen LogP contribution in [0.15, 0.2) is 42.5 Å². The second kappa shape index (κ2) is 5.78. The van der Waals surface area contributed by atoms with Crippen LogP contribution in [0.4, 0.5) is 4.39 Å². The summed E-state index contributed by atoms with van der Waals surface area (Å²) >= 11 is 0. The first-order valence-corrected chi connectivity index (χ1v) is 8.21. The molecule has 0 bridgehead atoms. The molecule has 3 nitrogen and oxygen atoms in total. The molecule has 1 aliphatic carbocycles. The molecular weight excluding hydrogens is 303 g/mol. The van der Waals surface area contributed by atoms with Crippen molar-refractivity contribution in [3.63, 3.8) is 0 Å². The van der Waals surface area contributed by atoms with Crippen LogP contribution < -0.4 is 5.73 Å². The van der Waals surface area contributed by atoms with Crippen molar-refractivity contribution in [2.75, 3.05) is 0 Å². The molecule has 4 heteroatoms. The molecule has 1 aromatic heterocycles. The largest absolute Gasteiger partial charge is 0.369 e. The Kier molecular flexibility index (Phi) is 3.60. The van der Waals surface area contributed by atoms with E-state index in [-0.39, 0.29) is 17.6 Å². The topological polar surface area (TPSA) is 48.0 Å². The van der Waals surface area contributed by atoms with Crippen molar-refractivity contribution in [3.8, 4) is 0 Å². The van der Waals surface area contributed by atoms with Gasteiger partial charge < -0.3 is 10.3 Å². The summed E-state index contributed by atoms with van der Waals surface area (Å²) in [5.74, 6) is -0.976. The lowest BCUT2D eigenvalue weighted by Gasteiger charge is -2.22. The molecule has 24 heavy (non-hydrogen) atoms. The van der Waals surface area contributed by atoms with E-state index in [2.05, 4.69) is 6.07 Å². The van der Waals surface area contributed by atoms with Crippen molar-refractivity contribution in [1.29, 1.82) is 0 Å². The molecule has 2 aromatic carbocycles. The smallest absolute Gasteiger partial charge is 0.225 e. The molecular formula is C20H18FN2O. The van der Waals surface area contributed by atoms with Crippen LogP contribution in [0.3, 0.4) is 0 Å². The molecule has 1 atom stereocenters. The Labute approximate surface area is 139 Å². The van der Waals surface area contributed by atoms with Crippen LogP contribution in [0.2, 0.25) is 0 Å². The highest BCUT2D eigenvalue weighted by molar-refractivity contribution is 5.93. The van der Waals surface area contributed by atoms with Gasteiger partial charge in [0.15, 0.2) is 0 Å². The molecule has 1 radical (unpaired) electrons. The normalized spacial score (nSPS) is 17.0. The van der Waals surface area contributed by atoms with E-state index in [0.29, 0.717) is 17.4 Å². The number of nitrogens with zero attached hydrogens (tertiary/aromatic N) is 1. The standard InChI is InChI=1S/C20H18FN2O/c21-16-10-4-8-14-18-15(20(22)24)9-5-11-17(18)23(19(14)16)12-13-6-2-1-3-7-13/h1-4,6-7,10,15H,5,9,11-12H2,(H2,22,24). The Hall–Kier alpha value is -2.62. The van der Waals surface area contributed by atoms with Crippen LogP contribution in [0.1, 0.15) is 35.6 Å². The first-order chi connectivity index (χ1) is 11.7. The van der Waals surface area contributed by atoms with Gasteiger partial charge in [0, 0.05) is 17.6 Å². The van der Waals surface area contributed by atoms with Crippen LogP contribution >= 0.6 is 0 Å². The Morgan fingerprint density at radius 2 is 2.08 bits per heavy atom. The average molecular weight is 321 g/mol. The van der Waals surface area contributed by atoms with Gasteiger partial charge in [-0.1, -0.05) is 36.4 Å². The summed E-state index contributed by atoms with van der Waals surface area (Å²) in [6.45, 7) is 0.576. The number of rotatable bonds is 3. The number of fused-ring (bicyclic) bond motifs is 3. The highest BCUT2D eigenvalue weighted by Crippen LogP contribution is 2.40. The molecule has 3 aromatic rings. The number of carbonyl (C=O) groups excluding carboxylic acids is 1. The third-order valence-electron chi connectivity index (χ3n) is 4.88. The molecule has 1 heterocycles. The minimum atomic E-state index is -0.355. The van der Waals surface area contributed by atoms with Gasteiger partial charge in [-0.05, 0) is 42.5 Å². The highest BCUT2D eigenvalue weighted by Gasteiger charge is 2.31. The zero-order valence-electron chi connectivity index (χ0n) is 13.3. The highest BCUT2D eigenvalue weighted by atomic mass is 19.1. The minimum absolute atomic E-state index is 0.280. The van der Waals surface area contributed by atoms with Crippen LogP contribution in [0.5, 0.6) is 0 Å². The maximum atomic E-state index is 14.6. The van der Waals surface area contributed by atoms with E-state index in [1.54, 1.807) is 6.07 Å². The number of nitrogens with two attached hydrogens (primary N) is 1. The van der Waals surface area contributed by atoms with Crippen LogP contribution in [0, 0.1) is 11.9 Å². The molecule has 1 aliphatic rings. The van der Waals surface area contributed by atoms with Gasteiger partial charge in [0.25, 0.3) is 0 Å². The van der Waals surface area contributed by atoms with Crippen molar-refractivity contribution in [1.82, 2.24) is 4.57 Å². The lowest BCUT2D eigenvalue weighted by Crippen LogP contribution is -2.25. The number of carbonyl (C=O) groups is 1. The zero-order valence-corrected chi connectivity index (χ0v) is 13.3. The fourth-order valence-electron chi connectivity index (χ4n) is 3.85. The van der Waals surface area contributed by atoms with Gasteiger partial charge in [0.2, 0.25) is 5.91 Å². The van der Waals surface area contributed by atoms with Crippen molar-refractivity contribution < 1.29 is 9.18 Å². The van der Waals surface area contributed by atoms with Gasteiger partial charge in [-0.25, -0.2) is 4.39 Å². The maximum absolute atomic E-state index is 14.6. The quantitative estimate of drug-likeness (QED) is 0.788. The fourth-order valence-corrected chi connectivity index (χ4v) is 3.85. The predicted molar refractivity (Wildman–Crippen MR) is 91.1 cm³/mol. The number of hydrogen-bond donors (Lipinski definition) is 1. The van der Waals surface area contributed by atoms with E-state index in [9.17, 15) is 9.18 Å². The molecule has 0 aliphatic heterocycles. The van der Waals surface area contributed by atoms with E-state index in [4.69, 9.17) is 5.73 Å². The Bertz CT molecular complexity index is 914. The Morgan fingerprint density at radius 1 is 1.29 bits per heavy atom. The van der Waals surface area contributed by atoms with Crippen molar-refractivity contribution in [2.45, 2.75) is 31.7 Å². The summed E-state index contributed by atoms with van der Waals surface area (Å²) in [7, 11) is 0. The third kappa shape index (κ3) is 2.30. The predicted octanol–water partition coefficient (Wildman–Crippen LogP) is 3.53. The maximum Gasteiger partial charge on any atom is 0.225 e. The molecule has 121 valence electrons. The first-order valence-electron chi connectivity index (χ1n) is 8.21. The summed E-state index contributed by atoms with van der Waals surface area (Å²) in [5.41, 5.74) is 9.14. The number of primary amides is 1. The van der Waals surface area contributed by atoms with Crippen LogP contribution in [-0.4, -0.2) is 10.5 Å². The molecule has 0 spiro atoms. The first kappa shape index (κ1) is 14.9. The van der Waals surface area contributed by atoms with Gasteiger partial charge in [-0.3, -0.25) is 4.79 Å². The van der Waals surface area contributed by atoms with Gasteiger partial charge in [0.1, 0.15) is 5.82 Å². The number of hydrogen-bond acceptors (Lipinski definition) is 1. The summed E-state index contributed by atoms with van der Waals surface area (Å²) in [5, 5.41) is 0.699. The van der Waals surface area contributed by atoms with Crippen LogP contribution in [0.25, 0.3) is 10.9 Å². The van der Waals surface area contributed by atoms with Crippen molar-refractivity contribution in [3.05, 3.63) is 71.2 Å². The minimum Gasteiger partial charge on any atom is -0.369 e. The summed E-state index contributed by atoms with van der Waals surface area (Å²) in [6.07, 6.45) is 2.43. The number of amides is 1. The van der Waals surface area contributed by atoms with E-state index in [1.165, 1.54) is 6.07 Å². The van der Waals surface area contributed by atoms with Crippen LogP contribution in [-0.2, 0) is 17.8 Å². The van der Waals surface area contributed by atoms with E-state index in [1.807, 2.05) is 34.9 Å². The molecule has 0 saturated heterocycles. The Morgan fingerprint density at radius 3 is 2.83 bits per heavy atom. The lowest BCUT2D eigenvalue weighted by atomic mass is 9.84. The summed E-state index contributed by atoms with van der Waals surface area (Å²) < 4.78 is 16.6. The lowest BCUT2D eigenvalue weighted by molar-refractivity contribution is -0.119.